The number of nitrogens with zero attached hydrogens (tertiary/aromatic N) is 2. The van der Waals surface area contributed by atoms with Gasteiger partial charge >= 0.3 is 6.36 Å². The van der Waals surface area contributed by atoms with Gasteiger partial charge in [0, 0.05) is 0 Å². The molecule has 0 saturated heterocycles. The molecule has 0 aliphatic carbocycles. The highest BCUT2D eigenvalue weighted by Gasteiger charge is 2.34. The van der Waals surface area contributed by atoms with E-state index < -0.39 is 40.5 Å². The van der Waals surface area contributed by atoms with Crippen LogP contribution >= 0.6 is 0 Å². The normalized spacial score (nSPS) is 11.7. The maximum Gasteiger partial charge on any atom is 0.574 e. The smallest absolute Gasteiger partial charge is 0.388 e. The molecule has 0 atom stereocenters. The van der Waals surface area contributed by atoms with Gasteiger partial charge in [0.25, 0.3) is 12.1 Å². The Balaban J connectivity index is 3.34. The van der Waals surface area contributed by atoms with Gasteiger partial charge in [0.1, 0.15) is 5.69 Å². The van der Waals surface area contributed by atoms with Crippen LogP contribution in [0.3, 0.4) is 0 Å². The molecule has 0 aromatic carbocycles. The SMILES string of the molecule is Cc1c([N+](=O)[O-])cc(OC(F)(F)F)nc1C(F)F. The first-order chi connectivity index (χ1) is 8.11. The van der Waals surface area contributed by atoms with Gasteiger partial charge in [-0.25, -0.2) is 13.8 Å². The summed E-state index contributed by atoms with van der Waals surface area (Å²) in [6.45, 7) is 0.962. The largest absolute Gasteiger partial charge is 0.574 e. The zero-order chi connectivity index (χ0) is 14.1. The Hall–Kier alpha value is -2.00. The molecule has 1 heterocycles. The minimum absolute atomic E-state index is 0.342. The van der Waals surface area contributed by atoms with Gasteiger partial charge in [-0.3, -0.25) is 10.1 Å². The monoisotopic (exact) mass is 272 g/mol. The number of rotatable bonds is 3. The second-order valence-electron chi connectivity index (χ2n) is 3.10. The summed E-state index contributed by atoms with van der Waals surface area (Å²) in [5.41, 5.74) is -2.55. The predicted molar refractivity (Wildman–Crippen MR) is 47.3 cm³/mol. The topological polar surface area (TPSA) is 65.3 Å². The molecule has 0 saturated carbocycles. The minimum atomic E-state index is -5.17. The van der Waals surface area contributed by atoms with E-state index in [1.807, 2.05) is 0 Å². The molecule has 100 valence electrons. The van der Waals surface area contributed by atoms with Gasteiger partial charge in [-0.05, 0) is 6.92 Å². The highest BCUT2D eigenvalue weighted by molar-refractivity contribution is 5.45. The number of aromatic nitrogens is 1. The summed E-state index contributed by atoms with van der Waals surface area (Å²) in [6.07, 6.45) is -8.42. The van der Waals surface area contributed by atoms with Crippen molar-refractivity contribution in [1.29, 1.82) is 0 Å². The summed E-state index contributed by atoms with van der Waals surface area (Å²) in [5.74, 6) is -1.30. The Bertz CT molecular complexity index is 475. The number of pyridine rings is 1. The molecule has 18 heavy (non-hydrogen) atoms. The van der Waals surface area contributed by atoms with Crippen LogP contribution in [0.25, 0.3) is 0 Å². The third-order valence-corrected chi connectivity index (χ3v) is 1.88. The van der Waals surface area contributed by atoms with Crippen LogP contribution in [-0.2, 0) is 0 Å². The third-order valence-electron chi connectivity index (χ3n) is 1.88. The molecule has 0 N–H and O–H groups in total. The number of hydrogen-bond acceptors (Lipinski definition) is 4. The number of nitro groups is 1. The van der Waals surface area contributed by atoms with Gasteiger partial charge in [0.05, 0.1) is 16.6 Å². The van der Waals surface area contributed by atoms with Crippen LogP contribution in [0.4, 0.5) is 27.6 Å². The first-order valence-corrected chi connectivity index (χ1v) is 4.31. The van der Waals surface area contributed by atoms with Gasteiger partial charge in [-0.15, -0.1) is 13.2 Å². The Morgan fingerprint density at radius 1 is 1.44 bits per heavy atom. The summed E-state index contributed by atoms with van der Waals surface area (Å²) >= 11 is 0. The predicted octanol–water partition coefficient (Wildman–Crippen LogP) is 3.13. The zero-order valence-corrected chi connectivity index (χ0v) is 8.66. The molecule has 10 heteroatoms. The summed E-state index contributed by atoms with van der Waals surface area (Å²) < 4.78 is 63.9. The summed E-state index contributed by atoms with van der Waals surface area (Å²) in [6, 6.07) is 0.342. The zero-order valence-electron chi connectivity index (χ0n) is 8.66. The van der Waals surface area contributed by atoms with Crippen LogP contribution in [0.15, 0.2) is 6.07 Å². The Morgan fingerprint density at radius 3 is 2.39 bits per heavy atom. The molecule has 5 nitrogen and oxygen atoms in total. The van der Waals surface area contributed by atoms with Gasteiger partial charge in [0.15, 0.2) is 0 Å². The van der Waals surface area contributed by atoms with Crippen LogP contribution in [0, 0.1) is 17.0 Å². The molecular formula is C8H5F5N2O3. The second-order valence-corrected chi connectivity index (χ2v) is 3.10. The van der Waals surface area contributed by atoms with Crippen molar-refractivity contribution < 1.29 is 31.6 Å². The van der Waals surface area contributed by atoms with Crippen LogP contribution in [0.1, 0.15) is 17.7 Å². The fourth-order valence-corrected chi connectivity index (χ4v) is 1.16. The molecule has 0 aliphatic rings. The summed E-state index contributed by atoms with van der Waals surface area (Å²) in [4.78, 5) is 12.3. The molecule has 0 spiro atoms. The van der Waals surface area contributed by atoms with Crippen molar-refractivity contribution in [3.63, 3.8) is 0 Å². The van der Waals surface area contributed by atoms with E-state index in [0.717, 1.165) is 6.92 Å². The number of hydrogen-bond donors (Lipinski definition) is 0. The van der Waals surface area contributed by atoms with Crippen LogP contribution in [-0.4, -0.2) is 16.3 Å². The standard InChI is InChI=1S/C8H5F5N2O3/c1-3-4(15(16)17)2-5(18-8(11,12)13)14-6(3)7(9)10/h2,7H,1H3. The lowest BCUT2D eigenvalue weighted by Gasteiger charge is -2.10. The Labute approximate surface area is 96.3 Å². The van der Waals surface area contributed by atoms with Crippen molar-refractivity contribution in [3.8, 4) is 5.88 Å². The molecule has 0 fully saturated rings. The average Bonchev–Trinajstić information content (AvgIpc) is 2.17. The molecule has 0 bridgehead atoms. The van der Waals surface area contributed by atoms with E-state index in [9.17, 15) is 32.1 Å². The average molecular weight is 272 g/mol. The maximum atomic E-state index is 12.5. The molecule has 0 aliphatic heterocycles. The molecule has 1 aromatic rings. The fraction of sp³-hybridized carbons (Fsp3) is 0.375. The Morgan fingerprint density at radius 2 is 2.00 bits per heavy atom. The lowest BCUT2D eigenvalue weighted by Crippen LogP contribution is -2.18. The van der Waals surface area contributed by atoms with E-state index in [1.54, 1.807) is 0 Å². The van der Waals surface area contributed by atoms with Crippen LogP contribution in [0.2, 0.25) is 0 Å². The van der Waals surface area contributed by atoms with Crippen molar-refractivity contribution in [2.75, 3.05) is 0 Å². The van der Waals surface area contributed by atoms with Crippen molar-refractivity contribution in [1.82, 2.24) is 4.98 Å². The van der Waals surface area contributed by atoms with Crippen molar-refractivity contribution in [2.45, 2.75) is 19.7 Å². The van der Waals surface area contributed by atoms with E-state index in [1.165, 1.54) is 0 Å². The number of ether oxygens (including phenoxy) is 1. The van der Waals surface area contributed by atoms with Gasteiger partial charge in [-0.2, -0.15) is 0 Å². The van der Waals surface area contributed by atoms with Gasteiger partial charge < -0.3 is 4.74 Å². The van der Waals surface area contributed by atoms with Crippen LogP contribution < -0.4 is 4.74 Å². The molecular weight excluding hydrogens is 267 g/mol. The van der Waals surface area contributed by atoms with Gasteiger partial charge in [-0.1, -0.05) is 0 Å². The van der Waals surface area contributed by atoms with Gasteiger partial charge in [0.2, 0.25) is 5.88 Å². The minimum Gasteiger partial charge on any atom is -0.388 e. The van der Waals surface area contributed by atoms with E-state index in [4.69, 9.17) is 0 Å². The first-order valence-electron chi connectivity index (χ1n) is 4.31. The highest BCUT2D eigenvalue weighted by atomic mass is 19.4. The second kappa shape index (κ2) is 4.70. The van der Waals surface area contributed by atoms with Crippen molar-refractivity contribution in [3.05, 3.63) is 27.4 Å². The lowest BCUT2D eigenvalue weighted by atomic mass is 10.2. The molecule has 0 unspecified atom stereocenters. The van der Waals surface area contributed by atoms with E-state index in [0.29, 0.717) is 6.07 Å². The fourth-order valence-electron chi connectivity index (χ4n) is 1.16. The quantitative estimate of drug-likeness (QED) is 0.481. The summed E-state index contributed by atoms with van der Waals surface area (Å²) in [5, 5.41) is 10.5. The number of alkyl halides is 5. The molecule has 1 rings (SSSR count). The first kappa shape index (κ1) is 14.1. The lowest BCUT2D eigenvalue weighted by molar-refractivity contribution is -0.385. The maximum absolute atomic E-state index is 12.5. The van der Waals surface area contributed by atoms with E-state index >= 15 is 0 Å². The van der Waals surface area contributed by atoms with Crippen molar-refractivity contribution in [2.24, 2.45) is 0 Å². The van der Waals surface area contributed by atoms with Crippen molar-refractivity contribution >= 4 is 5.69 Å². The Kier molecular flexibility index (Phi) is 3.67. The third kappa shape index (κ3) is 3.25. The molecule has 1 aromatic heterocycles. The van der Waals surface area contributed by atoms with Crippen LogP contribution in [0.5, 0.6) is 5.88 Å². The highest BCUT2D eigenvalue weighted by Crippen LogP contribution is 2.32. The number of halogens is 5. The molecule has 0 amide bonds. The molecule has 0 radical (unpaired) electrons. The van der Waals surface area contributed by atoms with E-state index in [-0.39, 0.29) is 0 Å². The summed E-state index contributed by atoms with van der Waals surface area (Å²) in [7, 11) is 0. The van der Waals surface area contributed by atoms with E-state index in [2.05, 4.69) is 9.72 Å².